The Balaban J connectivity index is 2.57. The van der Waals surface area contributed by atoms with Crippen LogP contribution < -0.4 is 0 Å². The van der Waals surface area contributed by atoms with Crippen LogP contribution in [0, 0.1) is 18.6 Å². The Morgan fingerprint density at radius 3 is 2.58 bits per heavy atom. The summed E-state index contributed by atoms with van der Waals surface area (Å²) in [4.78, 5) is 12.3. The highest BCUT2D eigenvalue weighted by atomic mass is 19.1. The summed E-state index contributed by atoms with van der Waals surface area (Å²) in [5.74, 6) is -2.36. The van der Waals surface area contributed by atoms with Gasteiger partial charge in [-0.15, -0.1) is 0 Å². The molecule has 100 valence electrons. The molecule has 2 aromatic rings. The van der Waals surface area contributed by atoms with E-state index in [1.54, 1.807) is 0 Å². The molecule has 0 N–H and O–H groups in total. The molecule has 0 amide bonds. The number of carbonyl (C=O) groups is 1. The molecule has 3 nitrogen and oxygen atoms in total. The number of halogens is 2. The summed E-state index contributed by atoms with van der Waals surface area (Å²) in [7, 11) is 0. The summed E-state index contributed by atoms with van der Waals surface area (Å²) in [6, 6.07) is 3.80. The second-order valence-electron chi connectivity index (χ2n) is 4.64. The zero-order valence-electron chi connectivity index (χ0n) is 10.9. The average Bonchev–Trinajstić information content (AvgIpc) is 2.83. The van der Waals surface area contributed by atoms with Crippen LogP contribution in [0.15, 0.2) is 24.4 Å². The van der Waals surface area contributed by atoms with Gasteiger partial charge in [-0.3, -0.25) is 9.48 Å². The van der Waals surface area contributed by atoms with Crippen molar-refractivity contribution in [3.05, 3.63) is 52.9 Å². The topological polar surface area (TPSA) is 34.9 Å². The SMILES string of the molecule is Cc1ccc(F)c(C(=O)c2ccnn2C(C)C)c1F. The molecule has 1 aromatic heterocycles. The molecule has 0 atom stereocenters. The van der Waals surface area contributed by atoms with Gasteiger partial charge in [-0.1, -0.05) is 6.07 Å². The van der Waals surface area contributed by atoms with Gasteiger partial charge < -0.3 is 0 Å². The molecule has 0 saturated carbocycles. The number of hydrogen-bond acceptors (Lipinski definition) is 2. The van der Waals surface area contributed by atoms with Crippen LogP contribution >= 0.6 is 0 Å². The zero-order valence-corrected chi connectivity index (χ0v) is 10.9. The highest BCUT2D eigenvalue weighted by molar-refractivity contribution is 6.08. The molecule has 19 heavy (non-hydrogen) atoms. The van der Waals surface area contributed by atoms with Crippen LogP contribution in [-0.2, 0) is 0 Å². The number of ketones is 1. The molecular weight excluding hydrogens is 250 g/mol. The van der Waals surface area contributed by atoms with E-state index >= 15 is 0 Å². The van der Waals surface area contributed by atoms with Gasteiger partial charge in [-0.25, -0.2) is 8.78 Å². The minimum Gasteiger partial charge on any atom is -0.287 e. The molecular formula is C14H14F2N2O. The maximum atomic E-state index is 13.9. The molecule has 2 rings (SSSR count). The van der Waals surface area contributed by atoms with Gasteiger partial charge in [0.15, 0.2) is 0 Å². The molecule has 0 bridgehead atoms. The highest BCUT2D eigenvalue weighted by Gasteiger charge is 2.23. The third kappa shape index (κ3) is 2.28. The minimum absolute atomic E-state index is 0.0649. The van der Waals surface area contributed by atoms with Crippen molar-refractivity contribution in [1.29, 1.82) is 0 Å². The van der Waals surface area contributed by atoms with Crippen molar-refractivity contribution in [3.63, 3.8) is 0 Å². The maximum absolute atomic E-state index is 13.9. The van der Waals surface area contributed by atoms with Crippen LogP contribution in [0.4, 0.5) is 8.78 Å². The molecule has 0 aliphatic heterocycles. The number of rotatable bonds is 3. The summed E-state index contributed by atoms with van der Waals surface area (Å²) in [6.45, 7) is 5.17. The lowest BCUT2D eigenvalue weighted by Crippen LogP contribution is -2.16. The first-order valence-electron chi connectivity index (χ1n) is 5.96. The molecule has 0 aliphatic carbocycles. The van der Waals surface area contributed by atoms with Crippen LogP contribution in [0.1, 0.15) is 41.5 Å². The van der Waals surface area contributed by atoms with Crippen LogP contribution in [0.25, 0.3) is 0 Å². The number of nitrogens with zero attached hydrogens (tertiary/aromatic N) is 2. The minimum atomic E-state index is -0.857. The Morgan fingerprint density at radius 1 is 1.26 bits per heavy atom. The van der Waals surface area contributed by atoms with Crippen molar-refractivity contribution in [1.82, 2.24) is 9.78 Å². The molecule has 0 fully saturated rings. The van der Waals surface area contributed by atoms with E-state index in [0.29, 0.717) is 0 Å². The third-order valence-corrected chi connectivity index (χ3v) is 2.90. The average molecular weight is 264 g/mol. The van der Waals surface area contributed by atoms with Crippen molar-refractivity contribution in [2.24, 2.45) is 0 Å². The Hall–Kier alpha value is -2.04. The van der Waals surface area contributed by atoms with Crippen LogP contribution in [0.3, 0.4) is 0 Å². The summed E-state index contributed by atoms with van der Waals surface area (Å²) in [6.07, 6.45) is 1.44. The normalized spacial score (nSPS) is 11.1. The maximum Gasteiger partial charge on any atom is 0.216 e. The molecule has 0 unspecified atom stereocenters. The van der Waals surface area contributed by atoms with Crippen LogP contribution in [0.5, 0.6) is 0 Å². The summed E-state index contributed by atoms with van der Waals surface area (Å²) < 4.78 is 29.1. The number of carbonyl (C=O) groups excluding carboxylic acids is 1. The van der Waals surface area contributed by atoms with E-state index in [2.05, 4.69) is 5.10 Å². The molecule has 1 heterocycles. The van der Waals surface area contributed by atoms with Crippen molar-refractivity contribution in [3.8, 4) is 0 Å². The van der Waals surface area contributed by atoms with Crippen molar-refractivity contribution in [2.45, 2.75) is 26.8 Å². The molecule has 1 aromatic carbocycles. The Bertz CT molecular complexity index is 632. The predicted molar refractivity (Wildman–Crippen MR) is 67.1 cm³/mol. The van der Waals surface area contributed by atoms with E-state index < -0.39 is 23.0 Å². The highest BCUT2D eigenvalue weighted by Crippen LogP contribution is 2.21. The lowest BCUT2D eigenvalue weighted by Gasteiger charge is -2.11. The van der Waals surface area contributed by atoms with Crippen LogP contribution in [-0.4, -0.2) is 15.6 Å². The van der Waals surface area contributed by atoms with E-state index in [9.17, 15) is 13.6 Å². The molecule has 0 aliphatic rings. The largest absolute Gasteiger partial charge is 0.287 e. The fourth-order valence-corrected chi connectivity index (χ4v) is 1.90. The number of aromatic nitrogens is 2. The predicted octanol–water partition coefficient (Wildman–Crippen LogP) is 3.28. The molecule has 5 heteroatoms. The Labute approximate surface area is 109 Å². The van der Waals surface area contributed by atoms with Crippen LogP contribution in [0.2, 0.25) is 0 Å². The lowest BCUT2D eigenvalue weighted by molar-refractivity contribution is 0.101. The van der Waals surface area contributed by atoms with E-state index in [1.807, 2.05) is 13.8 Å². The Morgan fingerprint density at radius 2 is 1.95 bits per heavy atom. The van der Waals surface area contributed by atoms with Gasteiger partial charge in [0.25, 0.3) is 0 Å². The summed E-state index contributed by atoms with van der Waals surface area (Å²) >= 11 is 0. The standard InChI is InChI=1S/C14H14F2N2O/c1-8(2)18-11(6-7-17-18)14(19)12-10(15)5-4-9(3)13(12)16/h4-8H,1-3H3. The smallest absolute Gasteiger partial charge is 0.216 e. The second kappa shape index (κ2) is 4.91. The van der Waals surface area contributed by atoms with E-state index in [1.165, 1.54) is 29.9 Å². The zero-order chi connectivity index (χ0) is 14.2. The van der Waals surface area contributed by atoms with Gasteiger partial charge >= 0.3 is 0 Å². The van der Waals surface area contributed by atoms with Crippen molar-refractivity contribution < 1.29 is 13.6 Å². The van der Waals surface area contributed by atoms with Gasteiger partial charge in [0.1, 0.15) is 17.3 Å². The van der Waals surface area contributed by atoms with Gasteiger partial charge in [0.2, 0.25) is 5.78 Å². The fourth-order valence-electron chi connectivity index (χ4n) is 1.90. The van der Waals surface area contributed by atoms with Gasteiger partial charge in [0.05, 0.1) is 5.56 Å². The summed E-state index contributed by atoms with van der Waals surface area (Å²) in [5.41, 5.74) is -0.110. The quantitative estimate of drug-likeness (QED) is 0.797. The summed E-state index contributed by atoms with van der Waals surface area (Å²) in [5, 5.41) is 3.99. The van der Waals surface area contributed by atoms with Gasteiger partial charge in [-0.05, 0) is 38.5 Å². The lowest BCUT2D eigenvalue weighted by atomic mass is 10.0. The van der Waals surface area contributed by atoms with Gasteiger partial charge in [0, 0.05) is 12.2 Å². The van der Waals surface area contributed by atoms with E-state index in [4.69, 9.17) is 0 Å². The second-order valence-corrected chi connectivity index (χ2v) is 4.64. The third-order valence-electron chi connectivity index (χ3n) is 2.90. The Kier molecular flexibility index (Phi) is 3.46. The van der Waals surface area contributed by atoms with Crippen molar-refractivity contribution in [2.75, 3.05) is 0 Å². The monoisotopic (exact) mass is 264 g/mol. The number of hydrogen-bond donors (Lipinski definition) is 0. The molecule has 0 radical (unpaired) electrons. The first kappa shape index (κ1) is 13.4. The number of aryl methyl sites for hydroxylation is 1. The number of benzene rings is 1. The van der Waals surface area contributed by atoms with Crippen molar-refractivity contribution >= 4 is 5.78 Å². The fraction of sp³-hybridized carbons (Fsp3) is 0.286. The molecule has 0 saturated heterocycles. The van der Waals surface area contributed by atoms with Gasteiger partial charge in [-0.2, -0.15) is 5.10 Å². The first-order chi connectivity index (χ1) is 8.93. The molecule has 0 spiro atoms. The van der Waals surface area contributed by atoms with E-state index in [-0.39, 0.29) is 17.3 Å². The first-order valence-corrected chi connectivity index (χ1v) is 5.96. The van der Waals surface area contributed by atoms with E-state index in [0.717, 1.165) is 6.07 Å².